The van der Waals surface area contributed by atoms with Crippen LogP contribution in [0.25, 0.3) is 0 Å². The zero-order valence-corrected chi connectivity index (χ0v) is 7.67. The topological polar surface area (TPSA) is 132 Å². The summed E-state index contributed by atoms with van der Waals surface area (Å²) >= 11 is 0. The number of carbonyl (C=O) groups is 3. The van der Waals surface area contributed by atoms with Gasteiger partial charge < -0.3 is 20.4 Å². The average Bonchev–Trinajstić information content (AvgIpc) is 2.15. The van der Waals surface area contributed by atoms with E-state index in [1.54, 1.807) is 0 Å². The van der Waals surface area contributed by atoms with Gasteiger partial charge in [-0.05, 0) is 12.1 Å². The Kier molecular flexibility index (Phi) is 5.40. The van der Waals surface area contributed by atoms with E-state index in [1.165, 1.54) is 0 Å². The van der Waals surface area contributed by atoms with E-state index in [0.717, 1.165) is 0 Å². The molecule has 0 spiro atoms. The molecule has 0 amide bonds. The molecule has 0 saturated heterocycles. The number of aromatic hydroxyl groups is 1. The monoisotopic (exact) mass is 268 g/mol. The zero-order valence-electron chi connectivity index (χ0n) is 7.67. The van der Waals surface area contributed by atoms with Crippen molar-refractivity contribution in [2.45, 2.75) is 0 Å². The molecular weight excluding hydrogens is 260 g/mol. The van der Waals surface area contributed by atoms with E-state index in [0.29, 0.717) is 12.1 Å². The van der Waals surface area contributed by atoms with Crippen LogP contribution in [0.1, 0.15) is 31.1 Å². The number of carboxylic acids is 3. The van der Waals surface area contributed by atoms with Gasteiger partial charge >= 0.3 is 55.6 Å². The molecule has 0 bridgehead atoms. The van der Waals surface area contributed by atoms with Gasteiger partial charge in [-0.15, -0.1) is 0 Å². The molecule has 0 heterocycles. The van der Waals surface area contributed by atoms with Crippen molar-refractivity contribution in [1.29, 1.82) is 0 Å². The van der Waals surface area contributed by atoms with Crippen molar-refractivity contribution in [3.63, 3.8) is 0 Å². The van der Waals surface area contributed by atoms with Crippen molar-refractivity contribution in [2.24, 2.45) is 0 Å². The fraction of sp³-hybridized carbons (Fsp3) is 0. The van der Waals surface area contributed by atoms with Gasteiger partial charge in [0.15, 0.2) is 0 Å². The van der Waals surface area contributed by atoms with Gasteiger partial charge in [0.25, 0.3) is 0 Å². The first-order valence-corrected chi connectivity index (χ1v) is 3.91. The van der Waals surface area contributed by atoms with Crippen LogP contribution in [0.15, 0.2) is 12.1 Å². The molecule has 0 atom stereocenters. The van der Waals surface area contributed by atoms with Crippen molar-refractivity contribution in [3.05, 3.63) is 28.8 Å². The molecule has 7 nitrogen and oxygen atoms in total. The van der Waals surface area contributed by atoms with Crippen molar-refractivity contribution in [1.82, 2.24) is 0 Å². The summed E-state index contributed by atoms with van der Waals surface area (Å²) in [7, 11) is 0. The molecule has 0 saturated carbocycles. The molecule has 0 aliphatic heterocycles. The number of carboxylic acid groups (broad SMARTS) is 3. The van der Waals surface area contributed by atoms with Gasteiger partial charge in [0, 0.05) is 0 Å². The molecule has 17 heavy (non-hydrogen) atoms. The molecule has 0 aliphatic rings. The Labute approximate surface area is 124 Å². The van der Waals surface area contributed by atoms with Crippen LogP contribution in [0.3, 0.4) is 0 Å². The van der Waals surface area contributed by atoms with E-state index in [9.17, 15) is 19.5 Å². The number of phenols is 1. The van der Waals surface area contributed by atoms with Crippen molar-refractivity contribution in [2.75, 3.05) is 0 Å². The Balaban J connectivity index is 0.00000256. The van der Waals surface area contributed by atoms with Crippen LogP contribution in [0, 0.1) is 0 Å². The Morgan fingerprint density at radius 1 is 0.882 bits per heavy atom. The van der Waals surface area contributed by atoms with E-state index in [-0.39, 0.29) is 37.7 Å². The predicted octanol–water partition coefficient (Wildman–Crippen LogP) is -0.429. The van der Waals surface area contributed by atoms with Gasteiger partial charge in [0.1, 0.15) is 11.3 Å². The zero-order chi connectivity index (χ0) is 12.5. The van der Waals surface area contributed by atoms with E-state index in [2.05, 4.69) is 0 Å². The third-order valence-corrected chi connectivity index (χ3v) is 1.81. The van der Waals surface area contributed by atoms with Gasteiger partial charge in [-0.2, -0.15) is 0 Å². The molecule has 1 rings (SSSR count). The van der Waals surface area contributed by atoms with E-state index >= 15 is 0 Å². The molecule has 0 aliphatic carbocycles. The molecule has 8 heteroatoms. The first-order chi connectivity index (χ1) is 7.34. The van der Waals surface area contributed by atoms with E-state index < -0.39 is 40.3 Å². The Morgan fingerprint density at radius 3 is 1.76 bits per heavy atom. The fourth-order valence-electron chi connectivity index (χ4n) is 1.14. The Morgan fingerprint density at radius 2 is 1.41 bits per heavy atom. The summed E-state index contributed by atoms with van der Waals surface area (Å²) < 4.78 is 0. The third kappa shape index (κ3) is 3.32. The van der Waals surface area contributed by atoms with Gasteiger partial charge in [-0.25, -0.2) is 14.4 Å². The number of rotatable bonds is 3. The van der Waals surface area contributed by atoms with Gasteiger partial charge in [0.05, 0.1) is 11.1 Å². The van der Waals surface area contributed by atoms with Crippen LogP contribution in [0.2, 0.25) is 0 Å². The molecule has 0 radical (unpaired) electrons. The number of benzene rings is 1. The minimum atomic E-state index is -1.65. The quantitative estimate of drug-likeness (QED) is 0.547. The minimum absolute atomic E-state index is 0. The molecule has 0 fully saturated rings. The number of aromatic carboxylic acids is 3. The van der Waals surface area contributed by atoms with E-state index in [4.69, 9.17) is 15.3 Å². The van der Waals surface area contributed by atoms with Crippen LogP contribution in [0.4, 0.5) is 0 Å². The number of hydrogen-bond acceptors (Lipinski definition) is 4. The van der Waals surface area contributed by atoms with Crippen LogP contribution < -0.4 is 0 Å². The average molecular weight is 268 g/mol. The van der Waals surface area contributed by atoms with Crippen molar-refractivity contribution < 1.29 is 34.8 Å². The standard InChI is InChI=1S/C9H6O7.Ca.2H/c10-5-2-3(7(11)12)1-4(8(13)14)6(5)9(15)16;;;/h1-2,10H,(H,11,12)(H,13,14)(H,15,16);;;. The van der Waals surface area contributed by atoms with E-state index in [1.807, 2.05) is 0 Å². The SMILES string of the molecule is O=C(O)c1cc(O)c(C(=O)O)c(C(=O)O)c1.[CaH2]. The molecule has 4 N–H and O–H groups in total. The summed E-state index contributed by atoms with van der Waals surface area (Å²) in [6, 6.07) is 1.35. The maximum atomic E-state index is 10.7. The second-order valence-electron chi connectivity index (χ2n) is 2.83. The summed E-state index contributed by atoms with van der Waals surface area (Å²) in [5, 5.41) is 35.2. The fourth-order valence-corrected chi connectivity index (χ4v) is 1.14. The summed E-state index contributed by atoms with van der Waals surface area (Å²) in [4.78, 5) is 31.9. The first-order valence-electron chi connectivity index (χ1n) is 3.91. The molecular formula is C9H8CaO7. The van der Waals surface area contributed by atoms with Crippen LogP contribution in [0.5, 0.6) is 5.75 Å². The van der Waals surface area contributed by atoms with Gasteiger partial charge in [0.2, 0.25) is 0 Å². The summed E-state index contributed by atoms with van der Waals surface area (Å²) in [6.45, 7) is 0. The predicted molar refractivity (Wildman–Crippen MR) is 57.5 cm³/mol. The van der Waals surface area contributed by atoms with Crippen LogP contribution >= 0.6 is 0 Å². The number of hydrogen-bond donors (Lipinski definition) is 4. The summed E-state index contributed by atoms with van der Waals surface area (Å²) in [5.41, 5.74) is -2.11. The maximum absolute atomic E-state index is 10.7. The first kappa shape index (κ1) is 15.7. The van der Waals surface area contributed by atoms with Gasteiger partial charge in [-0.1, -0.05) is 0 Å². The van der Waals surface area contributed by atoms with Gasteiger partial charge in [-0.3, -0.25) is 0 Å². The third-order valence-electron chi connectivity index (χ3n) is 1.81. The second-order valence-corrected chi connectivity index (χ2v) is 2.83. The normalized spacial score (nSPS) is 9.18. The molecule has 1 aromatic carbocycles. The second kappa shape index (κ2) is 5.85. The Hall–Kier alpha value is -1.31. The van der Waals surface area contributed by atoms with Crippen LogP contribution in [-0.4, -0.2) is 76.1 Å². The molecule has 0 unspecified atom stereocenters. The molecule has 1 aromatic rings. The molecule has 0 aromatic heterocycles. The van der Waals surface area contributed by atoms with Crippen LogP contribution in [-0.2, 0) is 0 Å². The molecule has 88 valence electrons. The Bertz CT molecular complexity index is 494. The summed E-state index contributed by atoms with van der Waals surface area (Å²) in [6.07, 6.45) is 0. The summed E-state index contributed by atoms with van der Waals surface area (Å²) in [5.74, 6) is -5.64. The van der Waals surface area contributed by atoms with Crippen molar-refractivity contribution >= 4 is 55.6 Å². The van der Waals surface area contributed by atoms with Crippen molar-refractivity contribution in [3.8, 4) is 5.75 Å².